The van der Waals surface area contributed by atoms with E-state index in [-0.39, 0.29) is 19.4 Å². The lowest BCUT2D eigenvalue weighted by Gasteiger charge is -2.35. The Morgan fingerprint density at radius 1 is 0.951 bits per heavy atom. The van der Waals surface area contributed by atoms with Gasteiger partial charge in [0, 0.05) is 35.4 Å². The van der Waals surface area contributed by atoms with Crippen LogP contribution in [0.3, 0.4) is 0 Å². The van der Waals surface area contributed by atoms with Crippen molar-refractivity contribution < 1.29 is 46.5 Å². The molecule has 7 rings (SSSR count). The van der Waals surface area contributed by atoms with E-state index in [1.54, 1.807) is 64.3 Å². The highest BCUT2D eigenvalue weighted by molar-refractivity contribution is 7.91. The second-order valence-corrected chi connectivity index (χ2v) is 18.7. The van der Waals surface area contributed by atoms with Gasteiger partial charge in [-0.2, -0.15) is 0 Å². The fraction of sp³-hybridized carbons (Fsp3) is 0.400. The number of rotatable bonds is 16. The molecule has 16 heteroatoms. The molecule has 3 aliphatic rings. The number of sulfonamides is 1. The van der Waals surface area contributed by atoms with Crippen molar-refractivity contribution in [3.05, 3.63) is 91.5 Å². The summed E-state index contributed by atoms with van der Waals surface area (Å²) in [5.41, 5.74) is -0.370. The number of benzene rings is 3. The molecular weight excluding hydrogens is 803 g/mol. The minimum atomic E-state index is -3.93. The Balaban J connectivity index is 1.19. The van der Waals surface area contributed by atoms with E-state index in [0.717, 1.165) is 5.56 Å². The number of nitrogens with zero attached hydrogens (tertiary/aromatic N) is 2. The topological polar surface area (TPSA) is 192 Å². The zero-order chi connectivity index (χ0) is 43.7. The van der Waals surface area contributed by atoms with Crippen LogP contribution < -0.4 is 34.3 Å². The lowest BCUT2D eigenvalue weighted by molar-refractivity contribution is -0.144. The van der Waals surface area contributed by atoms with E-state index in [1.165, 1.54) is 18.1 Å². The first-order valence-corrected chi connectivity index (χ1v) is 21.7. The van der Waals surface area contributed by atoms with Crippen LogP contribution in [0.4, 0.5) is 0 Å². The predicted molar refractivity (Wildman–Crippen MR) is 227 cm³/mol. The van der Waals surface area contributed by atoms with Crippen molar-refractivity contribution in [2.75, 3.05) is 27.4 Å². The second kappa shape index (κ2) is 17.1. The highest BCUT2D eigenvalue weighted by Gasteiger charge is 2.62. The first kappa shape index (κ1) is 42.9. The van der Waals surface area contributed by atoms with Gasteiger partial charge in [-0.15, -0.1) is 6.58 Å². The molecule has 15 nitrogen and oxygen atoms in total. The predicted octanol–water partition coefficient (Wildman–Crippen LogP) is 4.55. The number of hydrogen-bond acceptors (Lipinski definition) is 11. The Bertz CT molecular complexity index is 2440. The number of fused-ring (bicyclic) bond motifs is 1. The maximum absolute atomic E-state index is 14.8. The van der Waals surface area contributed by atoms with Crippen molar-refractivity contribution in [2.24, 2.45) is 11.3 Å². The van der Waals surface area contributed by atoms with E-state index in [0.29, 0.717) is 52.4 Å². The lowest BCUT2D eigenvalue weighted by Crippen LogP contribution is -2.60. The van der Waals surface area contributed by atoms with Crippen LogP contribution in [-0.2, 0) is 29.2 Å². The van der Waals surface area contributed by atoms with Crippen molar-refractivity contribution in [3.8, 4) is 34.3 Å². The number of pyridine rings is 1. The standard InChI is InChI=1S/C45H51N5O10S/c1-7-28-24-45(28,43(54)49-61(55,56)33-18-19-33)48-41(52)37-22-32(60-38-23-35(27-11-9-8-10-12-27)46-36-21-31(58-6)17-20-34(36)38)25-50(37)42(53)40(44(2,3)4)47-39(51)26-59-30-15-13-29(57-5)14-16-30/h7-17,20-21,23,28,32-33,37,40H,1,18-19,22,24-26H2,2-6H3,(H,47,51)(H,48,52)(H,49,54)/t28?,32-,37?,40?,45-/m1/s1. The minimum Gasteiger partial charge on any atom is -0.497 e. The monoisotopic (exact) mass is 853 g/mol. The number of hydrogen-bond donors (Lipinski definition) is 3. The molecule has 0 spiro atoms. The van der Waals surface area contributed by atoms with Crippen molar-refractivity contribution in [3.63, 3.8) is 0 Å². The van der Waals surface area contributed by atoms with Gasteiger partial charge in [0.2, 0.25) is 21.8 Å². The molecule has 1 aliphatic heterocycles. The van der Waals surface area contributed by atoms with Gasteiger partial charge in [0.25, 0.3) is 11.8 Å². The fourth-order valence-electron chi connectivity index (χ4n) is 7.57. The van der Waals surface area contributed by atoms with Crippen LogP contribution in [0.5, 0.6) is 23.0 Å². The average molecular weight is 854 g/mol. The molecule has 2 saturated carbocycles. The van der Waals surface area contributed by atoms with Crippen molar-refractivity contribution >= 4 is 44.6 Å². The Kier molecular flexibility index (Phi) is 12.0. The smallest absolute Gasteiger partial charge is 0.259 e. The molecule has 4 amide bonds. The van der Waals surface area contributed by atoms with E-state index in [2.05, 4.69) is 21.9 Å². The van der Waals surface area contributed by atoms with E-state index in [1.807, 2.05) is 42.5 Å². The maximum Gasteiger partial charge on any atom is 0.259 e. The van der Waals surface area contributed by atoms with Gasteiger partial charge in [0.1, 0.15) is 46.7 Å². The average Bonchev–Trinajstić information content (AvgIpc) is 4.18. The van der Waals surface area contributed by atoms with Gasteiger partial charge < -0.3 is 34.5 Å². The van der Waals surface area contributed by atoms with Crippen LogP contribution >= 0.6 is 0 Å². The summed E-state index contributed by atoms with van der Waals surface area (Å²) in [5, 5.41) is 5.66. The molecular formula is C45H51N5O10S. The third kappa shape index (κ3) is 9.43. The molecule has 4 aromatic rings. The molecule has 3 unspecified atom stereocenters. The number of likely N-dealkylation sites (tertiary alicyclic amines) is 1. The Hall–Kier alpha value is -6.16. The summed E-state index contributed by atoms with van der Waals surface area (Å²) in [6, 6.07) is 21.1. The van der Waals surface area contributed by atoms with Crippen molar-refractivity contribution in [1.82, 2.24) is 25.2 Å². The summed E-state index contributed by atoms with van der Waals surface area (Å²) in [6.07, 6.45) is 1.76. The number of methoxy groups -OCH3 is 2. The highest BCUT2D eigenvalue weighted by Crippen LogP contribution is 2.46. The third-order valence-electron chi connectivity index (χ3n) is 11.3. The van der Waals surface area contributed by atoms with Gasteiger partial charge in [-0.3, -0.25) is 23.9 Å². The molecule has 61 heavy (non-hydrogen) atoms. The zero-order valence-electron chi connectivity index (χ0n) is 34.8. The van der Waals surface area contributed by atoms with Crippen LogP contribution in [0, 0.1) is 11.3 Å². The summed E-state index contributed by atoms with van der Waals surface area (Å²) in [5.74, 6) is -1.12. The quantitative estimate of drug-likeness (QED) is 0.134. The van der Waals surface area contributed by atoms with Crippen molar-refractivity contribution in [1.29, 1.82) is 0 Å². The van der Waals surface area contributed by atoms with E-state index >= 15 is 0 Å². The maximum atomic E-state index is 14.8. The molecule has 0 bridgehead atoms. The number of ether oxygens (including phenoxy) is 4. The van der Waals surface area contributed by atoms with Gasteiger partial charge in [0.05, 0.1) is 37.2 Å². The highest BCUT2D eigenvalue weighted by atomic mass is 32.2. The molecule has 5 atom stereocenters. The van der Waals surface area contributed by atoms with E-state index < -0.39 is 80.6 Å². The normalized spacial score (nSPS) is 21.5. The van der Waals surface area contributed by atoms with Gasteiger partial charge in [-0.1, -0.05) is 57.2 Å². The van der Waals surface area contributed by atoms with Gasteiger partial charge >= 0.3 is 0 Å². The summed E-state index contributed by atoms with van der Waals surface area (Å²) in [7, 11) is -0.830. The lowest BCUT2D eigenvalue weighted by atomic mass is 9.85. The van der Waals surface area contributed by atoms with E-state index in [4.69, 9.17) is 23.9 Å². The number of carbonyl (C=O) groups is 4. The molecule has 3 fully saturated rings. The van der Waals surface area contributed by atoms with Crippen LogP contribution in [0.2, 0.25) is 0 Å². The summed E-state index contributed by atoms with van der Waals surface area (Å²) >= 11 is 0. The van der Waals surface area contributed by atoms with Crippen LogP contribution in [0.15, 0.2) is 91.5 Å². The molecule has 2 aliphatic carbocycles. The number of aromatic nitrogens is 1. The Labute approximate surface area is 355 Å². The third-order valence-corrected chi connectivity index (χ3v) is 13.1. The molecule has 0 radical (unpaired) electrons. The van der Waals surface area contributed by atoms with Crippen LogP contribution in [-0.4, -0.2) is 98.3 Å². The molecule has 1 saturated heterocycles. The molecule has 2 heterocycles. The molecule has 1 aromatic heterocycles. The summed E-state index contributed by atoms with van der Waals surface area (Å²) in [4.78, 5) is 62.7. The number of amides is 4. The number of nitrogens with one attached hydrogen (secondary N) is 3. The number of carbonyl (C=O) groups excluding carboxylic acids is 4. The summed E-state index contributed by atoms with van der Waals surface area (Å²) < 4.78 is 50.9. The Morgan fingerprint density at radius 2 is 1.62 bits per heavy atom. The summed E-state index contributed by atoms with van der Waals surface area (Å²) in [6.45, 7) is 8.72. The van der Waals surface area contributed by atoms with Crippen LogP contribution in [0.25, 0.3) is 22.2 Å². The minimum absolute atomic E-state index is 0.000429. The first-order valence-electron chi connectivity index (χ1n) is 20.1. The van der Waals surface area contributed by atoms with E-state index in [9.17, 15) is 27.6 Å². The van der Waals surface area contributed by atoms with Gasteiger partial charge in [0.15, 0.2) is 6.61 Å². The largest absolute Gasteiger partial charge is 0.497 e. The molecule has 322 valence electrons. The first-order chi connectivity index (χ1) is 29.0. The second-order valence-electron chi connectivity index (χ2n) is 16.7. The van der Waals surface area contributed by atoms with Crippen molar-refractivity contribution in [2.45, 2.75) is 75.4 Å². The van der Waals surface area contributed by atoms with Gasteiger partial charge in [-0.05, 0) is 61.1 Å². The fourth-order valence-corrected chi connectivity index (χ4v) is 8.93. The van der Waals surface area contributed by atoms with Crippen LogP contribution in [0.1, 0.15) is 46.5 Å². The van der Waals surface area contributed by atoms with Gasteiger partial charge in [-0.25, -0.2) is 13.4 Å². The molecule has 3 aromatic carbocycles. The molecule has 3 N–H and O–H groups in total. The Morgan fingerprint density at radius 3 is 2.25 bits per heavy atom. The zero-order valence-corrected chi connectivity index (χ0v) is 35.6. The SMILES string of the molecule is C=CC1C[C@]1(NC(=O)C1C[C@@H](Oc2cc(-c3ccccc3)nc3cc(OC)ccc23)CN1C(=O)C(NC(=O)COc1ccc(OC)cc1)C(C)(C)C)C(=O)NS(=O)(=O)C1CC1.